The molecule has 19 heavy (non-hydrogen) atoms. The van der Waals surface area contributed by atoms with Crippen LogP contribution in [-0.2, 0) is 0 Å². The van der Waals surface area contributed by atoms with Crippen molar-refractivity contribution in [1.82, 2.24) is 0 Å². The van der Waals surface area contributed by atoms with Crippen molar-refractivity contribution < 1.29 is 9.13 Å². The molecule has 0 radical (unpaired) electrons. The van der Waals surface area contributed by atoms with Crippen LogP contribution in [0.15, 0.2) is 18.2 Å². The molecule has 2 atom stereocenters. The van der Waals surface area contributed by atoms with Crippen LogP contribution in [0.3, 0.4) is 0 Å². The summed E-state index contributed by atoms with van der Waals surface area (Å²) in [5.74, 6) is 0.338. The molecule has 0 saturated heterocycles. The average Bonchev–Trinajstić information content (AvgIpc) is 2.37. The van der Waals surface area contributed by atoms with E-state index in [-0.39, 0.29) is 22.4 Å². The van der Waals surface area contributed by atoms with E-state index in [1.165, 1.54) is 32.4 Å². The van der Waals surface area contributed by atoms with Crippen molar-refractivity contribution in [1.29, 1.82) is 0 Å². The van der Waals surface area contributed by atoms with E-state index in [1.807, 2.05) is 6.07 Å². The minimum atomic E-state index is -0.334. The van der Waals surface area contributed by atoms with E-state index >= 15 is 0 Å². The average molecular weight is 285 g/mol. The van der Waals surface area contributed by atoms with Crippen molar-refractivity contribution in [2.24, 2.45) is 11.3 Å². The predicted octanol–water partition coefficient (Wildman–Crippen LogP) is 5.33. The molecule has 1 aromatic rings. The Bertz CT molecular complexity index is 444. The Morgan fingerprint density at radius 3 is 2.68 bits per heavy atom. The molecule has 106 valence electrons. The molecule has 0 amide bonds. The fourth-order valence-electron chi connectivity index (χ4n) is 3.15. The molecule has 0 aliphatic heterocycles. The van der Waals surface area contributed by atoms with Crippen molar-refractivity contribution >= 4 is 11.6 Å². The normalized spacial score (nSPS) is 23.9. The van der Waals surface area contributed by atoms with Crippen LogP contribution < -0.4 is 4.74 Å². The Hall–Kier alpha value is -0.760. The number of alkyl halides is 1. The van der Waals surface area contributed by atoms with Gasteiger partial charge >= 0.3 is 0 Å². The SMILES string of the molecule is COc1ccc(C(Cl)C2CCCCC2(C)C)cc1F. The first-order chi connectivity index (χ1) is 8.95. The van der Waals surface area contributed by atoms with Gasteiger partial charge in [-0.2, -0.15) is 0 Å². The highest BCUT2D eigenvalue weighted by Crippen LogP contribution is 2.49. The maximum Gasteiger partial charge on any atom is 0.165 e. The van der Waals surface area contributed by atoms with E-state index in [0.29, 0.717) is 5.92 Å². The van der Waals surface area contributed by atoms with Crippen LogP contribution in [0.1, 0.15) is 50.5 Å². The Morgan fingerprint density at radius 1 is 1.37 bits per heavy atom. The second-order valence-electron chi connectivity index (χ2n) is 6.14. The van der Waals surface area contributed by atoms with Gasteiger partial charge in [0, 0.05) is 0 Å². The lowest BCUT2D eigenvalue weighted by molar-refractivity contribution is 0.133. The molecule has 1 aromatic carbocycles. The molecule has 0 spiro atoms. The predicted molar refractivity (Wildman–Crippen MR) is 77.3 cm³/mol. The lowest BCUT2D eigenvalue weighted by atomic mass is 9.66. The molecule has 1 aliphatic rings. The Kier molecular flexibility index (Phi) is 4.39. The lowest BCUT2D eigenvalue weighted by Crippen LogP contribution is -2.30. The van der Waals surface area contributed by atoms with Crippen molar-refractivity contribution in [2.45, 2.75) is 44.9 Å². The summed E-state index contributed by atoms with van der Waals surface area (Å²) in [7, 11) is 1.47. The van der Waals surface area contributed by atoms with Gasteiger partial charge in [-0.25, -0.2) is 4.39 Å². The molecule has 1 saturated carbocycles. The summed E-state index contributed by atoms with van der Waals surface area (Å²) >= 11 is 6.63. The summed E-state index contributed by atoms with van der Waals surface area (Å²) in [6, 6.07) is 5.06. The van der Waals surface area contributed by atoms with Crippen LogP contribution in [0.4, 0.5) is 4.39 Å². The summed E-state index contributed by atoms with van der Waals surface area (Å²) in [4.78, 5) is 0. The standard InChI is InChI=1S/C16H22ClFO/c1-16(2)9-5-4-6-12(16)15(17)11-7-8-14(19-3)13(18)10-11/h7-8,10,12,15H,4-6,9H2,1-3H3. The zero-order chi connectivity index (χ0) is 14.0. The van der Waals surface area contributed by atoms with Gasteiger partial charge in [0.1, 0.15) is 0 Å². The van der Waals surface area contributed by atoms with Gasteiger partial charge in [0.05, 0.1) is 12.5 Å². The van der Waals surface area contributed by atoms with Crippen LogP contribution in [0.5, 0.6) is 5.75 Å². The highest BCUT2D eigenvalue weighted by Gasteiger charge is 2.37. The van der Waals surface area contributed by atoms with Gasteiger partial charge in [0.15, 0.2) is 11.6 Å². The fourth-order valence-corrected chi connectivity index (χ4v) is 3.75. The summed E-state index contributed by atoms with van der Waals surface area (Å²) in [6.45, 7) is 4.54. The monoisotopic (exact) mass is 284 g/mol. The van der Waals surface area contributed by atoms with E-state index in [4.69, 9.17) is 16.3 Å². The lowest BCUT2D eigenvalue weighted by Gasteiger charge is -2.41. The first-order valence-electron chi connectivity index (χ1n) is 6.93. The highest BCUT2D eigenvalue weighted by molar-refractivity contribution is 6.21. The second-order valence-corrected chi connectivity index (χ2v) is 6.61. The number of halogens is 2. The highest BCUT2D eigenvalue weighted by atomic mass is 35.5. The maximum absolute atomic E-state index is 13.8. The topological polar surface area (TPSA) is 9.23 Å². The van der Waals surface area contributed by atoms with Crippen LogP contribution in [0.2, 0.25) is 0 Å². The van der Waals surface area contributed by atoms with Crippen LogP contribution in [0, 0.1) is 17.2 Å². The van der Waals surface area contributed by atoms with Crippen molar-refractivity contribution in [3.05, 3.63) is 29.6 Å². The van der Waals surface area contributed by atoms with E-state index in [2.05, 4.69) is 13.8 Å². The van der Waals surface area contributed by atoms with E-state index in [1.54, 1.807) is 6.07 Å². The quantitative estimate of drug-likeness (QED) is 0.682. The number of rotatable bonds is 3. The molecule has 1 fully saturated rings. The first-order valence-corrected chi connectivity index (χ1v) is 7.37. The molecule has 0 bridgehead atoms. The smallest absolute Gasteiger partial charge is 0.165 e. The van der Waals surface area contributed by atoms with Gasteiger partial charge in [-0.3, -0.25) is 0 Å². The van der Waals surface area contributed by atoms with Gasteiger partial charge in [-0.1, -0.05) is 32.8 Å². The largest absolute Gasteiger partial charge is 0.494 e. The Morgan fingerprint density at radius 2 is 2.11 bits per heavy atom. The molecule has 0 N–H and O–H groups in total. The molecule has 0 aromatic heterocycles. The van der Waals surface area contributed by atoms with Gasteiger partial charge in [-0.05, 0) is 41.9 Å². The zero-order valence-electron chi connectivity index (χ0n) is 11.9. The molecular weight excluding hydrogens is 263 g/mol. The van der Waals surface area contributed by atoms with Crippen molar-refractivity contribution in [3.63, 3.8) is 0 Å². The number of ether oxygens (including phenoxy) is 1. The molecular formula is C16H22ClFO. The van der Waals surface area contributed by atoms with Gasteiger partial charge in [-0.15, -0.1) is 11.6 Å². The van der Waals surface area contributed by atoms with E-state index in [9.17, 15) is 4.39 Å². The molecule has 3 heteroatoms. The summed E-state index contributed by atoms with van der Waals surface area (Å²) < 4.78 is 18.7. The molecule has 2 unspecified atom stereocenters. The number of benzene rings is 1. The van der Waals surface area contributed by atoms with E-state index < -0.39 is 0 Å². The third-order valence-corrected chi connectivity index (χ3v) is 4.99. The van der Waals surface area contributed by atoms with Crippen LogP contribution in [0.25, 0.3) is 0 Å². The number of hydrogen-bond acceptors (Lipinski definition) is 1. The van der Waals surface area contributed by atoms with Crippen LogP contribution >= 0.6 is 11.6 Å². The maximum atomic E-state index is 13.8. The number of hydrogen-bond donors (Lipinski definition) is 0. The van der Waals surface area contributed by atoms with Gasteiger partial charge < -0.3 is 4.74 Å². The minimum Gasteiger partial charge on any atom is -0.494 e. The van der Waals surface area contributed by atoms with Crippen LogP contribution in [-0.4, -0.2) is 7.11 Å². The second kappa shape index (κ2) is 5.70. The fraction of sp³-hybridized carbons (Fsp3) is 0.625. The minimum absolute atomic E-state index is 0.129. The van der Waals surface area contributed by atoms with Crippen molar-refractivity contribution in [3.8, 4) is 5.75 Å². The Labute approximate surface area is 120 Å². The molecule has 0 heterocycles. The molecule has 2 rings (SSSR count). The van der Waals surface area contributed by atoms with Gasteiger partial charge in [0.25, 0.3) is 0 Å². The number of methoxy groups -OCH3 is 1. The van der Waals surface area contributed by atoms with E-state index in [0.717, 1.165) is 12.0 Å². The third-order valence-electron chi connectivity index (χ3n) is 4.44. The summed E-state index contributed by atoms with van der Waals surface area (Å²) in [5, 5.41) is -0.129. The molecule has 1 aliphatic carbocycles. The zero-order valence-corrected chi connectivity index (χ0v) is 12.6. The van der Waals surface area contributed by atoms with Gasteiger partial charge in [0.2, 0.25) is 0 Å². The first kappa shape index (κ1) is 14.6. The Balaban J connectivity index is 2.23. The summed E-state index contributed by atoms with van der Waals surface area (Å²) in [6.07, 6.45) is 4.80. The molecule has 1 nitrogen and oxygen atoms in total. The summed E-state index contributed by atoms with van der Waals surface area (Å²) in [5.41, 5.74) is 1.08. The van der Waals surface area contributed by atoms with Crippen molar-refractivity contribution in [2.75, 3.05) is 7.11 Å². The third kappa shape index (κ3) is 3.05.